The van der Waals surface area contributed by atoms with Crippen LogP contribution in [0.4, 0.5) is 0 Å². The summed E-state index contributed by atoms with van der Waals surface area (Å²) < 4.78 is 11.6. The fourth-order valence-corrected chi connectivity index (χ4v) is 4.45. The predicted molar refractivity (Wildman–Crippen MR) is 139 cm³/mol. The summed E-state index contributed by atoms with van der Waals surface area (Å²) in [5, 5.41) is 12.7. The van der Waals surface area contributed by atoms with Crippen molar-refractivity contribution in [1.29, 1.82) is 0 Å². The van der Waals surface area contributed by atoms with Gasteiger partial charge in [-0.15, -0.1) is 11.3 Å². The summed E-state index contributed by atoms with van der Waals surface area (Å²) >= 11 is 1.68. The normalized spacial score (nSPS) is 11.4. The number of benzene rings is 2. The van der Waals surface area contributed by atoms with Crippen LogP contribution in [0.15, 0.2) is 78.2 Å². The Morgan fingerprint density at radius 2 is 1.57 bits per heavy atom. The summed E-state index contributed by atoms with van der Waals surface area (Å²) in [7, 11) is 0. The van der Waals surface area contributed by atoms with E-state index in [2.05, 4.69) is 29.2 Å². The van der Waals surface area contributed by atoms with E-state index in [1.807, 2.05) is 42.6 Å². The summed E-state index contributed by atoms with van der Waals surface area (Å²) in [4.78, 5) is 10.2. The molecular formula is C27H28N4O3S. The van der Waals surface area contributed by atoms with Gasteiger partial charge in [-0.25, -0.2) is 4.98 Å². The summed E-state index contributed by atoms with van der Waals surface area (Å²) in [5.74, 6) is 1.70. The molecule has 0 amide bonds. The lowest BCUT2D eigenvalue weighted by atomic mass is 10.1. The molecule has 0 fully saturated rings. The Bertz CT molecular complexity index is 1240. The standard InChI is InChI=1S/C27H28N4O3S/c1-19-25(30-27(35-19)22-6-5-15-29-18-22)20-7-11-23(12-8-20)33-16-3-2-4-17-34-24-13-9-21(10-14-24)26(28)31-32/h5-15,18,32H,2-4,16-17H2,1H3,(H2,28,31). The van der Waals surface area contributed by atoms with Crippen LogP contribution in [0.5, 0.6) is 11.5 Å². The number of hydrogen-bond donors (Lipinski definition) is 2. The monoisotopic (exact) mass is 488 g/mol. The third kappa shape index (κ3) is 6.58. The highest BCUT2D eigenvalue weighted by molar-refractivity contribution is 7.15. The van der Waals surface area contributed by atoms with Crippen LogP contribution < -0.4 is 15.2 Å². The Morgan fingerprint density at radius 1 is 0.914 bits per heavy atom. The maximum absolute atomic E-state index is 8.70. The molecule has 0 saturated carbocycles. The summed E-state index contributed by atoms with van der Waals surface area (Å²) in [5.41, 5.74) is 9.33. The van der Waals surface area contributed by atoms with Gasteiger partial charge in [0.2, 0.25) is 0 Å². The first kappa shape index (κ1) is 24.2. The number of pyridine rings is 1. The van der Waals surface area contributed by atoms with Crippen molar-refractivity contribution in [2.24, 2.45) is 10.9 Å². The average molecular weight is 489 g/mol. The van der Waals surface area contributed by atoms with Crippen LogP contribution in [0, 0.1) is 6.92 Å². The van der Waals surface area contributed by atoms with Crippen molar-refractivity contribution in [3.63, 3.8) is 0 Å². The molecule has 0 aliphatic rings. The van der Waals surface area contributed by atoms with Gasteiger partial charge in [0.25, 0.3) is 0 Å². The molecule has 0 saturated heterocycles. The van der Waals surface area contributed by atoms with Gasteiger partial charge in [-0.3, -0.25) is 4.98 Å². The SMILES string of the molecule is Cc1sc(-c2cccnc2)nc1-c1ccc(OCCCCCOc2ccc(/C(N)=N/O)cc2)cc1. The van der Waals surface area contributed by atoms with Gasteiger partial charge in [0.1, 0.15) is 16.5 Å². The molecule has 35 heavy (non-hydrogen) atoms. The maximum Gasteiger partial charge on any atom is 0.170 e. The molecule has 0 aliphatic heterocycles. The number of aryl methyl sites for hydroxylation is 1. The Balaban J connectivity index is 1.17. The maximum atomic E-state index is 8.70. The van der Waals surface area contributed by atoms with E-state index in [1.54, 1.807) is 29.7 Å². The smallest absolute Gasteiger partial charge is 0.170 e. The number of rotatable bonds is 11. The van der Waals surface area contributed by atoms with Crippen LogP contribution in [-0.2, 0) is 0 Å². The molecule has 2 aromatic carbocycles. The van der Waals surface area contributed by atoms with E-state index in [4.69, 9.17) is 25.4 Å². The van der Waals surface area contributed by atoms with Crippen LogP contribution in [0.2, 0.25) is 0 Å². The van der Waals surface area contributed by atoms with Crippen LogP contribution >= 0.6 is 11.3 Å². The van der Waals surface area contributed by atoms with E-state index in [0.29, 0.717) is 18.8 Å². The van der Waals surface area contributed by atoms with Gasteiger partial charge < -0.3 is 20.4 Å². The van der Waals surface area contributed by atoms with E-state index in [1.165, 1.54) is 4.88 Å². The van der Waals surface area contributed by atoms with Gasteiger partial charge in [-0.1, -0.05) is 5.16 Å². The molecule has 180 valence electrons. The van der Waals surface area contributed by atoms with Crippen molar-refractivity contribution in [3.05, 3.63) is 83.5 Å². The Morgan fingerprint density at radius 3 is 2.17 bits per heavy atom. The number of oxime groups is 1. The predicted octanol–water partition coefficient (Wildman–Crippen LogP) is 5.90. The number of thiazole rings is 1. The zero-order valence-electron chi connectivity index (χ0n) is 19.6. The van der Waals surface area contributed by atoms with Gasteiger partial charge in [0.05, 0.1) is 18.9 Å². The quantitative estimate of drug-likeness (QED) is 0.0895. The number of nitrogens with two attached hydrogens (primary N) is 1. The van der Waals surface area contributed by atoms with Crippen molar-refractivity contribution in [3.8, 4) is 33.3 Å². The first-order valence-corrected chi connectivity index (χ1v) is 12.3. The van der Waals surface area contributed by atoms with E-state index in [9.17, 15) is 0 Å². The van der Waals surface area contributed by atoms with Gasteiger partial charge in [-0.2, -0.15) is 0 Å². The van der Waals surface area contributed by atoms with Crippen LogP contribution in [0.3, 0.4) is 0 Å². The second-order valence-corrected chi connectivity index (χ2v) is 9.16. The molecule has 4 aromatic rings. The van der Waals surface area contributed by atoms with Crippen LogP contribution in [0.25, 0.3) is 21.8 Å². The molecule has 0 unspecified atom stereocenters. The molecule has 0 radical (unpaired) electrons. The number of amidine groups is 1. The molecular weight excluding hydrogens is 460 g/mol. The second kappa shape index (κ2) is 12.0. The van der Waals surface area contributed by atoms with Gasteiger partial charge in [0.15, 0.2) is 5.84 Å². The largest absolute Gasteiger partial charge is 0.494 e. The number of hydrogen-bond acceptors (Lipinski definition) is 7. The lowest BCUT2D eigenvalue weighted by molar-refractivity contribution is 0.279. The zero-order valence-corrected chi connectivity index (χ0v) is 20.4. The highest BCUT2D eigenvalue weighted by atomic mass is 32.1. The number of nitrogens with zero attached hydrogens (tertiary/aromatic N) is 3. The van der Waals surface area contributed by atoms with E-state index in [0.717, 1.165) is 52.6 Å². The van der Waals surface area contributed by atoms with Crippen molar-refractivity contribution in [1.82, 2.24) is 9.97 Å². The summed E-state index contributed by atoms with van der Waals surface area (Å²) in [6.07, 6.45) is 6.51. The highest BCUT2D eigenvalue weighted by Crippen LogP contribution is 2.33. The minimum absolute atomic E-state index is 0.0828. The third-order valence-corrected chi connectivity index (χ3v) is 6.44. The van der Waals surface area contributed by atoms with Crippen molar-refractivity contribution in [2.75, 3.05) is 13.2 Å². The van der Waals surface area contributed by atoms with E-state index < -0.39 is 0 Å². The fourth-order valence-electron chi connectivity index (χ4n) is 3.53. The van der Waals surface area contributed by atoms with Crippen LogP contribution in [0.1, 0.15) is 29.7 Å². The molecule has 7 nitrogen and oxygen atoms in total. The second-order valence-electron chi connectivity index (χ2n) is 7.96. The Hall–Kier alpha value is -3.91. The number of aromatic nitrogens is 2. The Kier molecular flexibility index (Phi) is 8.30. The molecule has 3 N–H and O–H groups in total. The minimum atomic E-state index is 0.0828. The van der Waals surface area contributed by atoms with Crippen molar-refractivity contribution < 1.29 is 14.7 Å². The molecule has 2 aromatic heterocycles. The molecule has 2 heterocycles. The topological polar surface area (TPSA) is 103 Å². The summed E-state index contributed by atoms with van der Waals surface area (Å²) in [6, 6.07) is 19.2. The lowest BCUT2D eigenvalue weighted by Crippen LogP contribution is -2.12. The van der Waals surface area contributed by atoms with Gasteiger partial charge >= 0.3 is 0 Å². The molecule has 0 atom stereocenters. The van der Waals surface area contributed by atoms with Gasteiger partial charge in [0, 0.05) is 34.0 Å². The van der Waals surface area contributed by atoms with Crippen molar-refractivity contribution in [2.45, 2.75) is 26.2 Å². The minimum Gasteiger partial charge on any atom is -0.494 e. The fraction of sp³-hybridized carbons (Fsp3) is 0.222. The third-order valence-electron chi connectivity index (χ3n) is 5.42. The van der Waals surface area contributed by atoms with Gasteiger partial charge in [-0.05, 0) is 86.8 Å². The van der Waals surface area contributed by atoms with E-state index in [-0.39, 0.29) is 5.84 Å². The lowest BCUT2D eigenvalue weighted by Gasteiger charge is -2.08. The summed E-state index contributed by atoms with van der Waals surface area (Å²) in [6.45, 7) is 3.39. The molecule has 4 rings (SSSR count). The first-order chi connectivity index (χ1) is 17.1. The first-order valence-electron chi connectivity index (χ1n) is 11.5. The number of ether oxygens (including phenoxy) is 2. The zero-order chi connectivity index (χ0) is 24.5. The molecule has 0 bridgehead atoms. The molecule has 0 spiro atoms. The molecule has 0 aliphatic carbocycles. The highest BCUT2D eigenvalue weighted by Gasteiger charge is 2.11. The van der Waals surface area contributed by atoms with E-state index >= 15 is 0 Å². The molecule has 8 heteroatoms. The van der Waals surface area contributed by atoms with Crippen LogP contribution in [-0.4, -0.2) is 34.2 Å². The Labute approximate surface area is 208 Å². The van der Waals surface area contributed by atoms with Crippen molar-refractivity contribution >= 4 is 17.2 Å². The average Bonchev–Trinajstić information content (AvgIpc) is 3.30. The number of unbranched alkanes of at least 4 members (excludes halogenated alkanes) is 2.